The number of rotatable bonds is 4. The van der Waals surface area contributed by atoms with Crippen molar-refractivity contribution in [3.8, 4) is 5.75 Å². The molecule has 0 N–H and O–H groups in total. The predicted molar refractivity (Wildman–Crippen MR) is 72.0 cm³/mol. The Morgan fingerprint density at radius 1 is 1.24 bits per heavy atom. The highest BCUT2D eigenvalue weighted by atomic mass is 19.4. The molecule has 1 aliphatic rings. The van der Waals surface area contributed by atoms with Gasteiger partial charge in [-0.25, -0.2) is 0 Å². The fourth-order valence-electron chi connectivity index (χ4n) is 2.47. The van der Waals surface area contributed by atoms with E-state index in [2.05, 4.69) is 4.74 Å². The number of nitrogens with zero attached hydrogens (tertiary/aromatic N) is 1. The average Bonchev–Trinajstić information content (AvgIpc) is 2.91. The minimum atomic E-state index is -4.68. The standard InChI is InChI=1S/C15H18F3NO2/c1-11(10-14(20)19-8-2-3-9-19)12-4-6-13(7-5-12)21-15(16,17)18/h4-7,11H,2-3,8-10H2,1H3. The van der Waals surface area contributed by atoms with Crippen LogP contribution in [0.25, 0.3) is 0 Å². The summed E-state index contributed by atoms with van der Waals surface area (Å²) in [5.41, 5.74) is 0.831. The fourth-order valence-corrected chi connectivity index (χ4v) is 2.47. The van der Waals surface area contributed by atoms with Gasteiger partial charge in [0.2, 0.25) is 5.91 Å². The molecular weight excluding hydrogens is 283 g/mol. The Morgan fingerprint density at radius 3 is 2.33 bits per heavy atom. The molecule has 0 saturated carbocycles. The van der Waals surface area contributed by atoms with Crippen LogP contribution >= 0.6 is 0 Å². The molecule has 1 heterocycles. The third kappa shape index (κ3) is 4.65. The maximum atomic E-state index is 12.1. The van der Waals surface area contributed by atoms with Gasteiger partial charge < -0.3 is 9.64 Å². The van der Waals surface area contributed by atoms with Gasteiger partial charge in [0.05, 0.1) is 0 Å². The zero-order chi connectivity index (χ0) is 15.5. The smallest absolute Gasteiger partial charge is 0.406 e. The Bertz CT molecular complexity index is 479. The number of halogens is 3. The Morgan fingerprint density at radius 2 is 1.81 bits per heavy atom. The second-order valence-corrected chi connectivity index (χ2v) is 5.31. The quantitative estimate of drug-likeness (QED) is 0.848. The van der Waals surface area contributed by atoms with Crippen LogP contribution < -0.4 is 4.74 Å². The minimum Gasteiger partial charge on any atom is -0.406 e. The third-order valence-electron chi connectivity index (χ3n) is 3.62. The zero-order valence-corrected chi connectivity index (χ0v) is 11.8. The fraction of sp³-hybridized carbons (Fsp3) is 0.533. The first-order valence-electron chi connectivity index (χ1n) is 6.98. The van der Waals surface area contributed by atoms with Gasteiger partial charge in [0.15, 0.2) is 0 Å². The maximum absolute atomic E-state index is 12.1. The summed E-state index contributed by atoms with van der Waals surface area (Å²) in [7, 11) is 0. The van der Waals surface area contributed by atoms with Crippen LogP contribution in [0.15, 0.2) is 24.3 Å². The molecule has 1 amide bonds. The molecule has 1 fully saturated rings. The molecule has 0 bridgehead atoms. The summed E-state index contributed by atoms with van der Waals surface area (Å²) in [6, 6.07) is 5.70. The SMILES string of the molecule is CC(CC(=O)N1CCCC1)c1ccc(OC(F)(F)F)cc1. The lowest BCUT2D eigenvalue weighted by Crippen LogP contribution is -2.28. The number of benzene rings is 1. The summed E-state index contributed by atoms with van der Waals surface area (Å²) in [5.74, 6) is -0.169. The zero-order valence-electron chi connectivity index (χ0n) is 11.8. The molecule has 1 aliphatic heterocycles. The van der Waals surface area contributed by atoms with E-state index in [9.17, 15) is 18.0 Å². The molecule has 0 radical (unpaired) electrons. The van der Waals surface area contributed by atoms with Gasteiger partial charge in [-0.1, -0.05) is 19.1 Å². The van der Waals surface area contributed by atoms with Crippen molar-refractivity contribution in [1.82, 2.24) is 4.90 Å². The van der Waals surface area contributed by atoms with Gasteiger partial charge in [-0.15, -0.1) is 13.2 Å². The number of amides is 1. The largest absolute Gasteiger partial charge is 0.573 e. The van der Waals surface area contributed by atoms with E-state index in [0.29, 0.717) is 6.42 Å². The highest BCUT2D eigenvalue weighted by molar-refractivity contribution is 5.77. The van der Waals surface area contributed by atoms with Crippen molar-refractivity contribution >= 4 is 5.91 Å². The summed E-state index contributed by atoms with van der Waals surface area (Å²) in [4.78, 5) is 13.9. The molecule has 1 aromatic rings. The summed E-state index contributed by atoms with van der Waals surface area (Å²) in [6.45, 7) is 3.52. The Hall–Kier alpha value is -1.72. The first-order chi connectivity index (χ1) is 9.85. The van der Waals surface area contributed by atoms with Crippen molar-refractivity contribution < 1.29 is 22.7 Å². The number of hydrogen-bond donors (Lipinski definition) is 0. The summed E-state index contributed by atoms with van der Waals surface area (Å²) in [5, 5.41) is 0. The minimum absolute atomic E-state index is 0.0296. The van der Waals surface area contributed by atoms with Gasteiger partial charge in [0.25, 0.3) is 0 Å². The van der Waals surface area contributed by atoms with Crippen LogP contribution in [0, 0.1) is 0 Å². The van der Waals surface area contributed by atoms with E-state index < -0.39 is 6.36 Å². The van der Waals surface area contributed by atoms with Gasteiger partial charge in [-0.2, -0.15) is 0 Å². The molecule has 0 spiro atoms. The van der Waals surface area contributed by atoms with Crippen molar-refractivity contribution in [2.75, 3.05) is 13.1 Å². The van der Waals surface area contributed by atoms with E-state index in [1.54, 1.807) is 12.1 Å². The highest BCUT2D eigenvalue weighted by Crippen LogP contribution is 2.26. The van der Waals surface area contributed by atoms with Crippen LogP contribution in [0.3, 0.4) is 0 Å². The van der Waals surface area contributed by atoms with Crippen molar-refractivity contribution in [1.29, 1.82) is 0 Å². The lowest BCUT2D eigenvalue weighted by molar-refractivity contribution is -0.274. The second kappa shape index (κ2) is 6.37. The number of likely N-dealkylation sites (tertiary alicyclic amines) is 1. The highest BCUT2D eigenvalue weighted by Gasteiger charge is 2.31. The lowest BCUT2D eigenvalue weighted by Gasteiger charge is -2.19. The van der Waals surface area contributed by atoms with E-state index in [4.69, 9.17) is 0 Å². The molecule has 6 heteroatoms. The van der Waals surface area contributed by atoms with Crippen LogP contribution in [-0.2, 0) is 4.79 Å². The van der Waals surface area contributed by atoms with Crippen LogP contribution in [0.1, 0.15) is 37.7 Å². The number of carbonyl (C=O) groups is 1. The topological polar surface area (TPSA) is 29.5 Å². The molecule has 0 aromatic heterocycles. The first-order valence-corrected chi connectivity index (χ1v) is 6.98. The Balaban J connectivity index is 1.93. The van der Waals surface area contributed by atoms with E-state index in [-0.39, 0.29) is 17.6 Å². The van der Waals surface area contributed by atoms with E-state index in [1.807, 2.05) is 11.8 Å². The molecule has 1 unspecified atom stereocenters. The molecule has 1 aromatic carbocycles. The van der Waals surface area contributed by atoms with Crippen LogP contribution in [0.4, 0.5) is 13.2 Å². The molecule has 0 aliphatic carbocycles. The van der Waals surface area contributed by atoms with Crippen molar-refractivity contribution in [3.63, 3.8) is 0 Å². The maximum Gasteiger partial charge on any atom is 0.573 e. The molecule has 2 rings (SSSR count). The van der Waals surface area contributed by atoms with Gasteiger partial charge in [-0.05, 0) is 36.5 Å². The Kier molecular flexibility index (Phi) is 4.75. The summed E-state index contributed by atoms with van der Waals surface area (Å²) < 4.78 is 40.0. The molecule has 21 heavy (non-hydrogen) atoms. The molecular formula is C15H18F3NO2. The van der Waals surface area contributed by atoms with Gasteiger partial charge in [-0.3, -0.25) is 4.79 Å². The number of carbonyl (C=O) groups excluding carboxylic acids is 1. The summed E-state index contributed by atoms with van der Waals surface area (Å²) >= 11 is 0. The van der Waals surface area contributed by atoms with Crippen molar-refractivity contribution in [2.24, 2.45) is 0 Å². The average molecular weight is 301 g/mol. The third-order valence-corrected chi connectivity index (χ3v) is 3.62. The molecule has 1 saturated heterocycles. The molecule has 116 valence electrons. The van der Waals surface area contributed by atoms with Crippen LogP contribution in [-0.4, -0.2) is 30.3 Å². The van der Waals surface area contributed by atoms with Gasteiger partial charge in [0, 0.05) is 19.5 Å². The lowest BCUT2D eigenvalue weighted by atomic mass is 9.97. The van der Waals surface area contributed by atoms with Crippen molar-refractivity contribution in [3.05, 3.63) is 29.8 Å². The Labute approximate surface area is 121 Å². The normalized spacial score (nSPS) is 16.9. The van der Waals surface area contributed by atoms with E-state index >= 15 is 0 Å². The number of ether oxygens (including phenoxy) is 1. The van der Waals surface area contributed by atoms with Crippen LogP contribution in [0.2, 0.25) is 0 Å². The second-order valence-electron chi connectivity index (χ2n) is 5.31. The predicted octanol–water partition coefficient (Wildman–Crippen LogP) is 3.70. The number of alkyl halides is 3. The van der Waals surface area contributed by atoms with E-state index in [1.165, 1.54) is 12.1 Å². The van der Waals surface area contributed by atoms with Crippen LogP contribution in [0.5, 0.6) is 5.75 Å². The van der Waals surface area contributed by atoms with Crippen molar-refractivity contribution in [2.45, 2.75) is 38.5 Å². The first kappa shape index (κ1) is 15.7. The van der Waals surface area contributed by atoms with Gasteiger partial charge >= 0.3 is 6.36 Å². The molecule has 3 nitrogen and oxygen atoms in total. The van der Waals surface area contributed by atoms with Gasteiger partial charge in [0.1, 0.15) is 5.75 Å². The number of hydrogen-bond acceptors (Lipinski definition) is 2. The summed E-state index contributed by atoms with van der Waals surface area (Å²) in [6.07, 6.45) is -2.22. The van der Waals surface area contributed by atoms with E-state index in [0.717, 1.165) is 31.5 Å². The monoisotopic (exact) mass is 301 g/mol. The molecule has 1 atom stereocenters.